The Labute approximate surface area is 169 Å². The summed E-state index contributed by atoms with van der Waals surface area (Å²) in [4.78, 5) is 18.3. The Kier molecular flexibility index (Phi) is 6.23. The van der Waals surface area contributed by atoms with Crippen LogP contribution in [0.25, 0.3) is 0 Å². The highest BCUT2D eigenvalue weighted by Crippen LogP contribution is 2.24. The molecule has 3 rings (SSSR count). The van der Waals surface area contributed by atoms with Gasteiger partial charge in [-0.05, 0) is 17.7 Å². The lowest BCUT2D eigenvalue weighted by atomic mass is 10.2. The zero-order chi connectivity index (χ0) is 20.1. The number of nitro benzene ring substituents is 1. The van der Waals surface area contributed by atoms with Crippen molar-refractivity contribution in [2.45, 2.75) is 13.2 Å². The summed E-state index contributed by atoms with van der Waals surface area (Å²) in [6, 6.07) is 11.1. The van der Waals surface area contributed by atoms with Crippen LogP contribution in [0, 0.1) is 15.9 Å². The summed E-state index contributed by atoms with van der Waals surface area (Å²) in [6.45, 7) is 0.115. The number of nitrogens with zero attached hydrogens (tertiary/aromatic N) is 3. The number of nitro groups is 1. The second-order valence-corrected chi connectivity index (χ2v) is 6.44. The van der Waals surface area contributed by atoms with Crippen molar-refractivity contribution in [3.05, 3.63) is 85.8 Å². The van der Waals surface area contributed by atoms with E-state index < -0.39 is 10.7 Å². The summed E-state index contributed by atoms with van der Waals surface area (Å²) in [7, 11) is 0. The Morgan fingerprint density at radius 2 is 1.96 bits per heavy atom. The molecule has 0 amide bonds. The van der Waals surface area contributed by atoms with Crippen molar-refractivity contribution >= 4 is 34.7 Å². The zero-order valence-corrected chi connectivity index (χ0v) is 15.7. The number of hydrogen-bond donors (Lipinski definition) is 1. The van der Waals surface area contributed by atoms with Crippen LogP contribution in [0.4, 0.5) is 15.9 Å². The molecule has 28 heavy (non-hydrogen) atoms. The predicted octanol–water partition coefficient (Wildman–Crippen LogP) is 5.02. The van der Waals surface area contributed by atoms with Crippen molar-refractivity contribution in [1.29, 1.82) is 0 Å². The average Bonchev–Trinajstić information content (AvgIpc) is 2.69. The van der Waals surface area contributed by atoms with E-state index in [4.69, 9.17) is 27.9 Å². The maximum Gasteiger partial charge on any atom is 0.318 e. The van der Waals surface area contributed by atoms with Crippen LogP contribution in [-0.4, -0.2) is 14.9 Å². The molecular weight excluding hydrogens is 410 g/mol. The van der Waals surface area contributed by atoms with E-state index in [0.29, 0.717) is 15.6 Å². The molecule has 0 saturated carbocycles. The summed E-state index contributed by atoms with van der Waals surface area (Å²) in [5.74, 6) is -0.835. The lowest BCUT2D eigenvalue weighted by Crippen LogP contribution is -2.08. The van der Waals surface area contributed by atoms with Gasteiger partial charge in [-0.2, -0.15) is 4.98 Å². The van der Waals surface area contributed by atoms with Crippen LogP contribution in [0.1, 0.15) is 11.1 Å². The van der Waals surface area contributed by atoms with Crippen LogP contribution in [0.3, 0.4) is 0 Å². The molecule has 2 aromatic carbocycles. The van der Waals surface area contributed by atoms with Gasteiger partial charge in [-0.3, -0.25) is 10.1 Å². The molecule has 144 valence electrons. The molecule has 0 aliphatic heterocycles. The summed E-state index contributed by atoms with van der Waals surface area (Å²) >= 11 is 11.8. The molecule has 0 aliphatic rings. The number of benzene rings is 2. The molecule has 0 atom stereocenters. The molecule has 7 nitrogen and oxygen atoms in total. The number of halogens is 3. The van der Waals surface area contributed by atoms with Gasteiger partial charge in [-0.15, -0.1) is 0 Å². The lowest BCUT2D eigenvalue weighted by molar-refractivity contribution is -0.385. The largest absolute Gasteiger partial charge is 0.459 e. The third kappa shape index (κ3) is 4.85. The van der Waals surface area contributed by atoms with Crippen molar-refractivity contribution in [2.24, 2.45) is 0 Å². The van der Waals surface area contributed by atoms with Crippen LogP contribution < -0.4 is 10.1 Å². The molecule has 10 heteroatoms. The quantitative estimate of drug-likeness (QED) is 0.424. The fraction of sp³-hybridized carbons (Fsp3) is 0.111. The first-order chi connectivity index (χ1) is 13.4. The zero-order valence-electron chi connectivity index (χ0n) is 14.2. The first-order valence-electron chi connectivity index (χ1n) is 7.99. The van der Waals surface area contributed by atoms with E-state index in [2.05, 4.69) is 15.3 Å². The fourth-order valence-electron chi connectivity index (χ4n) is 2.34. The van der Waals surface area contributed by atoms with Crippen LogP contribution in [0.2, 0.25) is 10.0 Å². The number of hydrogen-bond acceptors (Lipinski definition) is 6. The van der Waals surface area contributed by atoms with Crippen molar-refractivity contribution in [3.63, 3.8) is 0 Å². The van der Waals surface area contributed by atoms with Gasteiger partial charge in [-0.1, -0.05) is 47.5 Å². The van der Waals surface area contributed by atoms with Gasteiger partial charge in [0.1, 0.15) is 6.61 Å². The third-order valence-electron chi connectivity index (χ3n) is 3.71. The van der Waals surface area contributed by atoms with Gasteiger partial charge in [-0.25, -0.2) is 9.37 Å². The predicted molar refractivity (Wildman–Crippen MR) is 103 cm³/mol. The Morgan fingerprint density at radius 3 is 2.71 bits per heavy atom. The van der Waals surface area contributed by atoms with Gasteiger partial charge < -0.3 is 10.1 Å². The smallest absolute Gasteiger partial charge is 0.318 e. The van der Waals surface area contributed by atoms with Gasteiger partial charge in [0.25, 0.3) is 5.69 Å². The van der Waals surface area contributed by atoms with Crippen LogP contribution in [-0.2, 0) is 13.2 Å². The second-order valence-electron chi connectivity index (χ2n) is 5.63. The molecule has 0 aliphatic carbocycles. The molecule has 0 fully saturated rings. The number of nitrogens with one attached hydrogen (secondary N) is 1. The SMILES string of the molecule is O=[N+]([O-])c1ccccc1CNc1nc(OCc2ccc(Cl)c(Cl)c2)ncc1F. The first kappa shape index (κ1) is 19.8. The minimum Gasteiger partial charge on any atom is -0.459 e. The number of para-hydroxylation sites is 1. The molecule has 0 bridgehead atoms. The molecule has 1 heterocycles. The maximum atomic E-state index is 14.0. The van der Waals surface area contributed by atoms with E-state index in [0.717, 1.165) is 11.8 Å². The lowest BCUT2D eigenvalue weighted by Gasteiger charge is -2.10. The van der Waals surface area contributed by atoms with Crippen LogP contribution in [0.15, 0.2) is 48.7 Å². The van der Waals surface area contributed by atoms with Crippen molar-refractivity contribution < 1.29 is 14.1 Å². The van der Waals surface area contributed by atoms with Gasteiger partial charge in [0.15, 0.2) is 11.6 Å². The standard InChI is InChI=1S/C18H13Cl2FN4O3/c19-13-6-5-11(7-14(13)20)10-28-18-23-9-15(21)17(24-18)22-8-12-3-1-2-4-16(12)25(26)27/h1-7,9H,8,10H2,(H,22,23,24). The molecule has 1 N–H and O–H groups in total. The topological polar surface area (TPSA) is 90.2 Å². The van der Waals surface area contributed by atoms with E-state index in [1.807, 2.05) is 0 Å². The number of anilines is 1. The van der Waals surface area contributed by atoms with E-state index in [1.54, 1.807) is 36.4 Å². The summed E-state index contributed by atoms with van der Waals surface area (Å²) < 4.78 is 19.4. The highest BCUT2D eigenvalue weighted by atomic mass is 35.5. The van der Waals surface area contributed by atoms with Gasteiger partial charge >= 0.3 is 6.01 Å². The molecule has 0 unspecified atom stereocenters. The summed E-state index contributed by atoms with van der Waals surface area (Å²) in [5, 5.41) is 14.6. The molecular formula is C18H13Cl2FN4O3. The second kappa shape index (κ2) is 8.81. The minimum atomic E-state index is -0.708. The van der Waals surface area contributed by atoms with E-state index >= 15 is 0 Å². The van der Waals surface area contributed by atoms with Crippen LogP contribution in [0.5, 0.6) is 6.01 Å². The van der Waals surface area contributed by atoms with E-state index in [9.17, 15) is 14.5 Å². The number of ether oxygens (including phenoxy) is 1. The Balaban J connectivity index is 1.69. The number of aromatic nitrogens is 2. The Morgan fingerprint density at radius 1 is 1.18 bits per heavy atom. The van der Waals surface area contributed by atoms with Crippen molar-refractivity contribution in [3.8, 4) is 6.01 Å². The van der Waals surface area contributed by atoms with Crippen molar-refractivity contribution in [2.75, 3.05) is 5.32 Å². The normalized spacial score (nSPS) is 10.5. The summed E-state index contributed by atoms with van der Waals surface area (Å²) in [5.41, 5.74) is 1.06. The average molecular weight is 423 g/mol. The third-order valence-corrected chi connectivity index (χ3v) is 4.45. The fourth-order valence-corrected chi connectivity index (χ4v) is 2.66. The Bertz CT molecular complexity index is 1020. The minimum absolute atomic E-state index is 0.0112. The monoisotopic (exact) mass is 422 g/mol. The number of rotatable bonds is 7. The first-order valence-corrected chi connectivity index (χ1v) is 8.75. The Hall–Kier alpha value is -2.97. The van der Waals surface area contributed by atoms with E-state index in [1.165, 1.54) is 6.07 Å². The van der Waals surface area contributed by atoms with Gasteiger partial charge in [0.05, 0.1) is 21.2 Å². The van der Waals surface area contributed by atoms with Gasteiger partial charge in [0, 0.05) is 18.2 Å². The maximum absolute atomic E-state index is 14.0. The molecule has 1 aromatic heterocycles. The van der Waals surface area contributed by atoms with E-state index in [-0.39, 0.29) is 30.7 Å². The highest BCUT2D eigenvalue weighted by Gasteiger charge is 2.14. The van der Waals surface area contributed by atoms with Crippen LogP contribution >= 0.6 is 23.2 Å². The highest BCUT2D eigenvalue weighted by molar-refractivity contribution is 6.42. The molecule has 0 radical (unpaired) electrons. The summed E-state index contributed by atoms with van der Waals surface area (Å²) in [6.07, 6.45) is 0.957. The molecule has 0 saturated heterocycles. The molecule has 3 aromatic rings. The van der Waals surface area contributed by atoms with Crippen molar-refractivity contribution in [1.82, 2.24) is 9.97 Å². The molecule has 0 spiro atoms. The van der Waals surface area contributed by atoms with Gasteiger partial charge in [0.2, 0.25) is 0 Å².